The highest BCUT2D eigenvalue weighted by Gasteiger charge is 2.40. The largest absolute Gasteiger partial charge is 0.449 e. The fraction of sp³-hybridized carbons (Fsp3) is 0.350. The van der Waals surface area contributed by atoms with E-state index in [2.05, 4.69) is 9.97 Å². The van der Waals surface area contributed by atoms with Crippen LogP contribution in [0.4, 0.5) is 18.0 Å². The van der Waals surface area contributed by atoms with E-state index >= 15 is 0 Å². The number of hydrogen-bond donors (Lipinski definition) is 0. The van der Waals surface area contributed by atoms with Crippen LogP contribution in [0, 0.1) is 0 Å². The summed E-state index contributed by atoms with van der Waals surface area (Å²) in [6.45, 7) is 0.661. The van der Waals surface area contributed by atoms with Gasteiger partial charge in [0.25, 0.3) is 0 Å². The number of halogens is 3. The average Bonchev–Trinajstić information content (AvgIpc) is 3.13. The van der Waals surface area contributed by atoms with Crippen molar-refractivity contribution in [1.29, 1.82) is 0 Å². The van der Waals surface area contributed by atoms with Gasteiger partial charge in [0.1, 0.15) is 12.1 Å². The lowest BCUT2D eigenvalue weighted by molar-refractivity contribution is -0.148. The van der Waals surface area contributed by atoms with Crippen LogP contribution in [0.1, 0.15) is 30.3 Å². The van der Waals surface area contributed by atoms with Crippen molar-refractivity contribution < 1.29 is 22.7 Å². The third-order valence-corrected chi connectivity index (χ3v) is 4.93. The Labute approximate surface area is 164 Å². The van der Waals surface area contributed by atoms with E-state index in [-0.39, 0.29) is 24.3 Å². The second kappa shape index (κ2) is 7.73. The van der Waals surface area contributed by atoms with Crippen LogP contribution >= 0.6 is 0 Å². The van der Waals surface area contributed by atoms with E-state index in [1.165, 1.54) is 17.2 Å². The summed E-state index contributed by atoms with van der Waals surface area (Å²) in [4.78, 5) is 21.8. The molecule has 9 heteroatoms. The van der Waals surface area contributed by atoms with Gasteiger partial charge in [0.2, 0.25) is 5.82 Å². The lowest BCUT2D eigenvalue weighted by atomic mass is 10.1. The van der Waals surface area contributed by atoms with Crippen molar-refractivity contribution in [2.45, 2.75) is 31.7 Å². The molecule has 29 heavy (non-hydrogen) atoms. The number of aromatic nitrogens is 3. The molecule has 1 fully saturated rings. The lowest BCUT2D eigenvalue weighted by Gasteiger charge is -2.33. The molecule has 4 rings (SSSR count). The monoisotopic (exact) mass is 404 g/mol. The van der Waals surface area contributed by atoms with Crippen LogP contribution in [0.15, 0.2) is 48.7 Å². The molecule has 152 valence electrons. The Morgan fingerprint density at radius 3 is 2.72 bits per heavy atom. The van der Waals surface area contributed by atoms with Crippen molar-refractivity contribution in [1.82, 2.24) is 19.4 Å². The van der Waals surface area contributed by atoms with Gasteiger partial charge in [-0.25, -0.2) is 14.8 Å². The first kappa shape index (κ1) is 19.2. The summed E-state index contributed by atoms with van der Waals surface area (Å²) < 4.78 is 47.2. The van der Waals surface area contributed by atoms with Gasteiger partial charge in [-0.3, -0.25) is 0 Å². The molecule has 0 N–H and O–H groups in total. The maximum absolute atomic E-state index is 13.6. The number of alkyl halides is 3. The minimum Gasteiger partial charge on any atom is -0.445 e. The normalized spacial score (nSPS) is 17.5. The number of pyridine rings is 1. The molecule has 1 atom stereocenters. The number of nitrogens with zero attached hydrogens (tertiary/aromatic N) is 4. The Hall–Kier alpha value is -3.10. The SMILES string of the molecule is O=C(OCc1ccccc1)N1CCCC(n2c(C(F)(F)F)nc3cccnc32)C1. The predicted octanol–water partition coefficient (Wildman–Crippen LogP) is 4.42. The van der Waals surface area contributed by atoms with Gasteiger partial charge in [0.05, 0.1) is 6.04 Å². The number of imidazole rings is 1. The Morgan fingerprint density at radius 1 is 1.17 bits per heavy atom. The van der Waals surface area contributed by atoms with Crippen molar-refractivity contribution >= 4 is 17.3 Å². The zero-order valence-electron chi connectivity index (χ0n) is 15.5. The number of piperidine rings is 1. The van der Waals surface area contributed by atoms with Gasteiger partial charge in [0, 0.05) is 19.3 Å². The van der Waals surface area contributed by atoms with E-state index in [4.69, 9.17) is 4.74 Å². The van der Waals surface area contributed by atoms with Gasteiger partial charge in [0.15, 0.2) is 5.65 Å². The quantitative estimate of drug-likeness (QED) is 0.648. The molecule has 6 nitrogen and oxygen atoms in total. The molecule has 1 aromatic carbocycles. The molecule has 0 bridgehead atoms. The molecule has 1 amide bonds. The zero-order valence-corrected chi connectivity index (χ0v) is 15.5. The minimum atomic E-state index is -4.61. The second-order valence-electron chi connectivity index (χ2n) is 6.93. The Morgan fingerprint density at radius 2 is 1.97 bits per heavy atom. The van der Waals surface area contributed by atoms with E-state index < -0.39 is 24.1 Å². The van der Waals surface area contributed by atoms with Crippen molar-refractivity contribution in [3.05, 3.63) is 60.0 Å². The number of likely N-dealkylation sites (tertiary alicyclic amines) is 1. The summed E-state index contributed by atoms with van der Waals surface area (Å²) in [7, 11) is 0. The van der Waals surface area contributed by atoms with Crippen LogP contribution in [-0.2, 0) is 17.5 Å². The van der Waals surface area contributed by atoms with E-state index in [1.54, 1.807) is 6.07 Å². The van der Waals surface area contributed by atoms with Gasteiger partial charge in [-0.1, -0.05) is 30.3 Å². The molecule has 3 heterocycles. The number of hydrogen-bond acceptors (Lipinski definition) is 4. The minimum absolute atomic E-state index is 0.110. The fourth-order valence-corrected chi connectivity index (χ4v) is 3.62. The summed E-state index contributed by atoms with van der Waals surface area (Å²) >= 11 is 0. The van der Waals surface area contributed by atoms with Crippen LogP contribution in [0.3, 0.4) is 0 Å². The molecule has 1 saturated heterocycles. The molecule has 1 unspecified atom stereocenters. The number of amides is 1. The standard InChI is InChI=1S/C20H19F3N4O2/c21-20(22,23)18-25-16-9-4-10-24-17(16)27(18)15-8-5-11-26(12-15)19(28)29-13-14-6-2-1-3-7-14/h1-4,6-7,9-10,15H,5,8,11-13H2. The molecule has 0 spiro atoms. The number of carbonyl (C=O) groups is 1. The fourth-order valence-electron chi connectivity index (χ4n) is 3.62. The van der Waals surface area contributed by atoms with Crippen molar-refractivity contribution in [2.75, 3.05) is 13.1 Å². The molecular weight excluding hydrogens is 385 g/mol. The molecule has 3 aromatic rings. The predicted molar refractivity (Wildman–Crippen MR) is 99.0 cm³/mol. The smallest absolute Gasteiger partial charge is 0.445 e. The Balaban J connectivity index is 1.55. The Kier molecular flexibility index (Phi) is 5.12. The maximum Gasteiger partial charge on any atom is 0.449 e. The highest BCUT2D eigenvalue weighted by Crippen LogP contribution is 2.35. The van der Waals surface area contributed by atoms with Crippen molar-refractivity contribution in [2.24, 2.45) is 0 Å². The Bertz CT molecular complexity index is 1000. The zero-order chi connectivity index (χ0) is 20.4. The molecule has 2 aromatic heterocycles. The first-order chi connectivity index (χ1) is 13.9. The van der Waals surface area contributed by atoms with Crippen LogP contribution in [-0.4, -0.2) is 38.6 Å². The molecule has 0 saturated carbocycles. The first-order valence-corrected chi connectivity index (χ1v) is 9.29. The summed E-state index contributed by atoms with van der Waals surface area (Å²) in [6.07, 6.45) is -2.65. The van der Waals surface area contributed by atoms with Gasteiger partial charge in [-0.05, 0) is 30.5 Å². The van der Waals surface area contributed by atoms with E-state index in [1.807, 2.05) is 30.3 Å². The summed E-state index contributed by atoms with van der Waals surface area (Å²) in [5.74, 6) is -0.990. The summed E-state index contributed by atoms with van der Waals surface area (Å²) in [5.41, 5.74) is 1.20. The summed E-state index contributed by atoms with van der Waals surface area (Å²) in [5, 5.41) is 0. The molecule has 1 aliphatic rings. The number of benzene rings is 1. The third-order valence-electron chi connectivity index (χ3n) is 4.93. The molecule has 0 aliphatic carbocycles. The number of rotatable bonds is 3. The van der Waals surface area contributed by atoms with Crippen molar-refractivity contribution in [3.8, 4) is 0 Å². The number of ether oxygens (including phenoxy) is 1. The van der Waals surface area contributed by atoms with E-state index in [0.29, 0.717) is 19.4 Å². The number of fused-ring (bicyclic) bond motifs is 1. The van der Waals surface area contributed by atoms with Crippen LogP contribution in [0.2, 0.25) is 0 Å². The maximum atomic E-state index is 13.6. The highest BCUT2D eigenvalue weighted by atomic mass is 19.4. The van der Waals surface area contributed by atoms with Gasteiger partial charge in [-0.15, -0.1) is 0 Å². The van der Waals surface area contributed by atoms with Crippen LogP contribution in [0.25, 0.3) is 11.2 Å². The lowest BCUT2D eigenvalue weighted by Crippen LogP contribution is -2.41. The van der Waals surface area contributed by atoms with Crippen molar-refractivity contribution in [3.63, 3.8) is 0 Å². The second-order valence-corrected chi connectivity index (χ2v) is 6.93. The molecule has 0 radical (unpaired) electrons. The van der Waals surface area contributed by atoms with E-state index in [9.17, 15) is 18.0 Å². The topological polar surface area (TPSA) is 60.2 Å². The van der Waals surface area contributed by atoms with Crippen LogP contribution < -0.4 is 0 Å². The molecule has 1 aliphatic heterocycles. The highest BCUT2D eigenvalue weighted by molar-refractivity contribution is 5.72. The number of carbonyl (C=O) groups excluding carboxylic acids is 1. The first-order valence-electron chi connectivity index (χ1n) is 9.29. The summed E-state index contributed by atoms with van der Waals surface area (Å²) in [6, 6.07) is 11.7. The van der Waals surface area contributed by atoms with Gasteiger partial charge >= 0.3 is 12.3 Å². The van der Waals surface area contributed by atoms with Crippen LogP contribution in [0.5, 0.6) is 0 Å². The molecular formula is C20H19F3N4O2. The van der Waals surface area contributed by atoms with Gasteiger partial charge < -0.3 is 14.2 Å². The van der Waals surface area contributed by atoms with Gasteiger partial charge in [-0.2, -0.15) is 13.2 Å². The average molecular weight is 404 g/mol. The van der Waals surface area contributed by atoms with E-state index in [0.717, 1.165) is 10.1 Å². The third kappa shape index (κ3) is 4.03.